The van der Waals surface area contributed by atoms with Gasteiger partial charge in [0.2, 0.25) is 0 Å². The summed E-state index contributed by atoms with van der Waals surface area (Å²) in [5.74, 6) is 0.694. The molecule has 0 heterocycles. The predicted molar refractivity (Wildman–Crippen MR) is 125 cm³/mol. The van der Waals surface area contributed by atoms with Crippen LogP contribution in [0.25, 0.3) is 0 Å². The lowest BCUT2D eigenvalue weighted by Crippen LogP contribution is -2.11. The third kappa shape index (κ3) is 9.30. The van der Waals surface area contributed by atoms with Gasteiger partial charge in [0.15, 0.2) is 0 Å². The minimum absolute atomic E-state index is 0.0214. The van der Waals surface area contributed by atoms with Crippen molar-refractivity contribution in [3.05, 3.63) is 69.7 Å². The lowest BCUT2D eigenvalue weighted by atomic mass is 9.78. The van der Waals surface area contributed by atoms with Crippen molar-refractivity contribution in [3.63, 3.8) is 0 Å². The number of hydrogen-bond donors (Lipinski definition) is 0. The molecular formula is C26H39ClF2. The summed E-state index contributed by atoms with van der Waals surface area (Å²) < 4.78 is 25.9. The quantitative estimate of drug-likeness (QED) is 0.459. The Balaban J connectivity index is 0.000000448. The Morgan fingerprint density at radius 3 is 2.00 bits per heavy atom. The average Bonchev–Trinajstić information content (AvgIpc) is 2.63. The van der Waals surface area contributed by atoms with Gasteiger partial charge in [0, 0.05) is 5.02 Å². The fourth-order valence-electron chi connectivity index (χ4n) is 3.02. The molecular weight excluding hydrogens is 386 g/mol. The highest BCUT2D eigenvalue weighted by Crippen LogP contribution is 2.38. The Morgan fingerprint density at radius 1 is 1.00 bits per heavy atom. The highest BCUT2D eigenvalue weighted by Gasteiger charge is 2.22. The minimum atomic E-state index is -0.278. The molecule has 164 valence electrons. The molecule has 0 aromatic heterocycles. The summed E-state index contributed by atoms with van der Waals surface area (Å²) in [5, 5.41) is 0.514. The van der Waals surface area contributed by atoms with Gasteiger partial charge >= 0.3 is 0 Å². The summed E-state index contributed by atoms with van der Waals surface area (Å²) in [6.45, 7) is 14.3. The van der Waals surface area contributed by atoms with Gasteiger partial charge in [-0.25, -0.2) is 8.78 Å². The molecule has 1 aliphatic rings. The van der Waals surface area contributed by atoms with E-state index in [1.807, 2.05) is 40.7 Å². The van der Waals surface area contributed by atoms with Crippen LogP contribution in [0.15, 0.2) is 36.4 Å². The first kappa shape index (κ1) is 27.6. The topological polar surface area (TPSA) is 0 Å². The first-order valence-corrected chi connectivity index (χ1v) is 11.5. The summed E-state index contributed by atoms with van der Waals surface area (Å²) in [7, 11) is 0. The van der Waals surface area contributed by atoms with Crippen LogP contribution in [0.1, 0.15) is 103 Å². The molecule has 2 aromatic carbocycles. The van der Waals surface area contributed by atoms with E-state index in [-0.39, 0.29) is 11.6 Å². The van der Waals surface area contributed by atoms with Crippen LogP contribution in [0.5, 0.6) is 0 Å². The van der Waals surface area contributed by atoms with Crippen LogP contribution in [0.3, 0.4) is 0 Å². The van der Waals surface area contributed by atoms with E-state index in [4.69, 9.17) is 11.6 Å². The van der Waals surface area contributed by atoms with Gasteiger partial charge in [0.25, 0.3) is 0 Å². The number of hydrogen-bond acceptors (Lipinski definition) is 0. The van der Waals surface area contributed by atoms with Gasteiger partial charge in [-0.3, -0.25) is 0 Å². The molecule has 0 radical (unpaired) electrons. The van der Waals surface area contributed by atoms with Crippen LogP contribution in [0.4, 0.5) is 8.78 Å². The maximum atomic E-state index is 13.4. The van der Waals surface area contributed by atoms with Crippen molar-refractivity contribution in [1.29, 1.82) is 0 Å². The molecule has 3 rings (SSSR count). The zero-order valence-electron chi connectivity index (χ0n) is 19.3. The summed E-state index contributed by atoms with van der Waals surface area (Å²) in [6, 6.07) is 10.00. The molecule has 0 nitrogen and oxygen atoms in total. The van der Waals surface area contributed by atoms with Crippen LogP contribution < -0.4 is 0 Å². The van der Waals surface area contributed by atoms with Crippen molar-refractivity contribution in [2.24, 2.45) is 0 Å². The van der Waals surface area contributed by atoms with Crippen molar-refractivity contribution >= 4 is 11.6 Å². The summed E-state index contributed by atoms with van der Waals surface area (Å²) in [4.78, 5) is 0. The van der Waals surface area contributed by atoms with Gasteiger partial charge in [-0.1, -0.05) is 91.1 Å². The van der Waals surface area contributed by atoms with Crippen molar-refractivity contribution in [2.75, 3.05) is 0 Å². The van der Waals surface area contributed by atoms with Crippen LogP contribution in [-0.4, -0.2) is 0 Å². The smallest absolute Gasteiger partial charge is 0.126 e. The monoisotopic (exact) mass is 424 g/mol. The van der Waals surface area contributed by atoms with E-state index in [9.17, 15) is 8.78 Å². The lowest BCUT2D eigenvalue weighted by molar-refractivity contribution is 0.415. The standard InChI is InChI=1S/C12H15F.C9H10ClF.C3H8.C2H6/c1-2-10-11(9-5-3-6-9)7-4-8-12(10)13;1-6(2)8-4-3-7(11)5-9(8)10;1-3-2;1-2/h4,7-9H,2-3,5-6H2,1H3;3-6H,1-2H3;3H2,1-2H3;1-2H3. The molecule has 29 heavy (non-hydrogen) atoms. The Hall–Kier alpha value is -1.41. The van der Waals surface area contributed by atoms with E-state index in [1.54, 1.807) is 12.1 Å². The second-order valence-corrected chi connectivity index (χ2v) is 7.72. The largest absolute Gasteiger partial charge is 0.207 e. The van der Waals surface area contributed by atoms with Gasteiger partial charge in [-0.05, 0) is 66.0 Å². The molecule has 0 N–H and O–H groups in total. The van der Waals surface area contributed by atoms with Gasteiger partial charge < -0.3 is 0 Å². The maximum absolute atomic E-state index is 13.4. The molecule has 0 spiro atoms. The zero-order valence-corrected chi connectivity index (χ0v) is 20.0. The van der Waals surface area contributed by atoms with E-state index in [1.165, 1.54) is 43.4 Å². The Morgan fingerprint density at radius 2 is 1.59 bits per heavy atom. The molecule has 0 saturated heterocycles. The summed E-state index contributed by atoms with van der Waals surface area (Å²) in [5.41, 5.74) is 3.19. The number of benzene rings is 2. The fourth-order valence-corrected chi connectivity index (χ4v) is 3.41. The molecule has 0 aliphatic heterocycles. The Bertz CT molecular complexity index is 691. The van der Waals surface area contributed by atoms with Crippen LogP contribution >= 0.6 is 11.6 Å². The highest BCUT2D eigenvalue weighted by atomic mass is 35.5. The molecule has 0 amide bonds. The van der Waals surface area contributed by atoms with E-state index in [0.717, 1.165) is 17.5 Å². The number of rotatable bonds is 3. The number of halogens is 3. The minimum Gasteiger partial charge on any atom is -0.207 e. The third-order valence-electron chi connectivity index (χ3n) is 4.64. The highest BCUT2D eigenvalue weighted by molar-refractivity contribution is 6.31. The third-order valence-corrected chi connectivity index (χ3v) is 4.97. The van der Waals surface area contributed by atoms with Crippen LogP contribution in [0.2, 0.25) is 5.02 Å². The van der Waals surface area contributed by atoms with Crippen LogP contribution in [-0.2, 0) is 6.42 Å². The fraction of sp³-hybridized carbons (Fsp3) is 0.538. The summed E-state index contributed by atoms with van der Waals surface area (Å²) >= 11 is 5.78. The summed E-state index contributed by atoms with van der Waals surface area (Å²) in [6.07, 6.45) is 5.87. The second kappa shape index (κ2) is 15.4. The first-order valence-electron chi connectivity index (χ1n) is 11.1. The molecule has 2 aromatic rings. The molecule has 1 aliphatic carbocycles. The van der Waals surface area contributed by atoms with Crippen molar-refractivity contribution in [3.8, 4) is 0 Å². The SMILES string of the molecule is CC.CC(C)c1ccc(F)cc1Cl.CCC.CCc1c(F)cccc1C1CCC1. The Labute approximate surface area is 182 Å². The van der Waals surface area contributed by atoms with E-state index >= 15 is 0 Å². The van der Waals surface area contributed by atoms with Gasteiger partial charge in [0.05, 0.1) is 0 Å². The molecule has 3 heteroatoms. The van der Waals surface area contributed by atoms with Crippen molar-refractivity contribution < 1.29 is 8.78 Å². The van der Waals surface area contributed by atoms with Gasteiger partial charge in [0.1, 0.15) is 11.6 Å². The van der Waals surface area contributed by atoms with Crippen molar-refractivity contribution in [1.82, 2.24) is 0 Å². The Kier molecular flexibility index (Phi) is 14.7. The lowest BCUT2D eigenvalue weighted by Gasteiger charge is -2.27. The normalized spacial score (nSPS) is 12.5. The zero-order chi connectivity index (χ0) is 22.4. The van der Waals surface area contributed by atoms with Crippen LogP contribution in [0, 0.1) is 11.6 Å². The maximum Gasteiger partial charge on any atom is 0.126 e. The first-order chi connectivity index (χ1) is 13.8. The molecule has 0 unspecified atom stereocenters. The van der Waals surface area contributed by atoms with E-state index in [2.05, 4.69) is 19.9 Å². The van der Waals surface area contributed by atoms with E-state index < -0.39 is 0 Å². The van der Waals surface area contributed by atoms with E-state index in [0.29, 0.717) is 16.9 Å². The molecule has 1 saturated carbocycles. The molecule has 0 bridgehead atoms. The molecule has 0 atom stereocenters. The average molecular weight is 425 g/mol. The molecule has 1 fully saturated rings. The van der Waals surface area contributed by atoms with Gasteiger partial charge in [-0.15, -0.1) is 0 Å². The van der Waals surface area contributed by atoms with Gasteiger partial charge in [-0.2, -0.15) is 0 Å². The predicted octanol–water partition coefficient (Wildman–Crippen LogP) is 9.70. The van der Waals surface area contributed by atoms with Crippen molar-refractivity contribution in [2.45, 2.75) is 92.4 Å². The second-order valence-electron chi connectivity index (χ2n) is 7.32.